The Bertz CT molecular complexity index is 519. The van der Waals surface area contributed by atoms with E-state index in [4.69, 9.17) is 15.5 Å². The number of hydrogen-bond donors (Lipinski definition) is 3. The molecule has 1 aromatic carbocycles. The second-order valence-electron chi connectivity index (χ2n) is 3.79. The normalized spacial score (nSPS) is 11.3. The summed E-state index contributed by atoms with van der Waals surface area (Å²) in [5.41, 5.74) is 1.44. The van der Waals surface area contributed by atoms with Crippen molar-refractivity contribution < 1.29 is 19.8 Å². The number of aryl methyl sites for hydroxylation is 1. The number of carboxylic acids is 2. The van der Waals surface area contributed by atoms with Crippen molar-refractivity contribution in [1.82, 2.24) is 0 Å². The van der Waals surface area contributed by atoms with Crippen molar-refractivity contribution in [2.75, 3.05) is 5.32 Å². The lowest BCUT2D eigenvalue weighted by Crippen LogP contribution is -2.32. The number of anilines is 1. The molecule has 0 fully saturated rings. The minimum absolute atomic E-state index is 0.275. The van der Waals surface area contributed by atoms with Gasteiger partial charge in [0.2, 0.25) is 0 Å². The van der Waals surface area contributed by atoms with Crippen LogP contribution in [0, 0.1) is 18.3 Å². The van der Waals surface area contributed by atoms with Gasteiger partial charge in [-0.1, -0.05) is 6.07 Å². The predicted octanol–water partition coefficient (Wildman–Crippen LogP) is 1.21. The third kappa shape index (κ3) is 3.49. The van der Waals surface area contributed by atoms with Crippen LogP contribution in [0.25, 0.3) is 0 Å². The molecule has 6 nitrogen and oxygen atoms in total. The Labute approximate surface area is 103 Å². The van der Waals surface area contributed by atoms with Gasteiger partial charge in [0.15, 0.2) is 0 Å². The molecule has 0 saturated carbocycles. The molecule has 0 heterocycles. The standard InChI is InChI=1S/C12H12N2O4/c1-7-2-3-8(6-13)9(4-7)14-10(12(17)18)5-11(15)16/h2-4,10,14H,5H2,1H3,(H,15,16)(H,17,18). The number of hydrogen-bond acceptors (Lipinski definition) is 4. The maximum absolute atomic E-state index is 10.9. The Balaban J connectivity index is 3.00. The molecule has 1 unspecified atom stereocenters. The molecule has 1 atom stereocenters. The Morgan fingerprint density at radius 1 is 1.44 bits per heavy atom. The van der Waals surface area contributed by atoms with E-state index in [1.807, 2.05) is 6.07 Å². The van der Waals surface area contributed by atoms with Crippen LogP contribution < -0.4 is 5.32 Å². The molecule has 6 heteroatoms. The van der Waals surface area contributed by atoms with Crippen LogP contribution in [0.5, 0.6) is 0 Å². The zero-order valence-corrected chi connectivity index (χ0v) is 9.67. The lowest BCUT2D eigenvalue weighted by Gasteiger charge is -2.15. The average Bonchev–Trinajstić information content (AvgIpc) is 2.27. The highest BCUT2D eigenvalue weighted by Gasteiger charge is 2.21. The topological polar surface area (TPSA) is 110 Å². The molecule has 94 valence electrons. The molecule has 0 radical (unpaired) electrons. The highest BCUT2D eigenvalue weighted by Crippen LogP contribution is 2.18. The first kappa shape index (κ1) is 13.5. The van der Waals surface area contributed by atoms with E-state index in [9.17, 15) is 9.59 Å². The summed E-state index contributed by atoms with van der Waals surface area (Å²) in [6.07, 6.45) is -0.561. The maximum Gasteiger partial charge on any atom is 0.326 e. The summed E-state index contributed by atoms with van der Waals surface area (Å²) in [4.78, 5) is 21.5. The van der Waals surface area contributed by atoms with Gasteiger partial charge in [0.1, 0.15) is 12.1 Å². The molecular weight excluding hydrogens is 236 g/mol. The SMILES string of the molecule is Cc1ccc(C#N)c(NC(CC(=O)O)C(=O)O)c1. The van der Waals surface area contributed by atoms with Crippen LogP contribution in [0.3, 0.4) is 0 Å². The summed E-state index contributed by atoms with van der Waals surface area (Å²) >= 11 is 0. The Kier molecular flexibility index (Phi) is 4.27. The van der Waals surface area contributed by atoms with E-state index in [0.717, 1.165) is 5.56 Å². The summed E-state index contributed by atoms with van der Waals surface area (Å²) in [6, 6.07) is 5.53. The molecule has 0 aliphatic heterocycles. The Hall–Kier alpha value is -2.55. The molecule has 0 aromatic heterocycles. The largest absolute Gasteiger partial charge is 0.481 e. The number of nitriles is 1. The molecule has 18 heavy (non-hydrogen) atoms. The molecule has 0 aliphatic rings. The van der Waals surface area contributed by atoms with Gasteiger partial charge in [-0.05, 0) is 24.6 Å². The number of carbonyl (C=O) groups is 2. The fraction of sp³-hybridized carbons (Fsp3) is 0.250. The fourth-order valence-corrected chi connectivity index (χ4v) is 1.44. The number of nitrogens with one attached hydrogen (secondary N) is 1. The van der Waals surface area contributed by atoms with Crippen LogP contribution in [0.4, 0.5) is 5.69 Å². The molecule has 0 spiro atoms. The van der Waals surface area contributed by atoms with Gasteiger partial charge >= 0.3 is 11.9 Å². The van der Waals surface area contributed by atoms with Gasteiger partial charge in [-0.15, -0.1) is 0 Å². The number of benzene rings is 1. The third-order valence-electron chi connectivity index (χ3n) is 2.30. The summed E-state index contributed by atoms with van der Waals surface area (Å²) in [5, 5.41) is 29.0. The van der Waals surface area contributed by atoms with Crippen LogP contribution >= 0.6 is 0 Å². The molecule has 0 bridgehead atoms. The highest BCUT2D eigenvalue weighted by atomic mass is 16.4. The third-order valence-corrected chi connectivity index (χ3v) is 2.30. The molecule has 1 aromatic rings. The van der Waals surface area contributed by atoms with E-state index in [-0.39, 0.29) is 5.56 Å². The van der Waals surface area contributed by atoms with E-state index in [0.29, 0.717) is 5.69 Å². The zero-order chi connectivity index (χ0) is 13.7. The van der Waals surface area contributed by atoms with E-state index in [1.54, 1.807) is 25.1 Å². The van der Waals surface area contributed by atoms with Gasteiger partial charge in [0.05, 0.1) is 17.7 Å². The molecule has 0 amide bonds. The van der Waals surface area contributed by atoms with Crippen molar-refractivity contribution in [1.29, 1.82) is 5.26 Å². The number of nitrogens with zero attached hydrogens (tertiary/aromatic N) is 1. The van der Waals surface area contributed by atoms with E-state index < -0.39 is 24.4 Å². The Morgan fingerprint density at radius 3 is 2.61 bits per heavy atom. The highest BCUT2D eigenvalue weighted by molar-refractivity contribution is 5.84. The van der Waals surface area contributed by atoms with E-state index in [2.05, 4.69) is 5.32 Å². The van der Waals surface area contributed by atoms with Crippen LogP contribution in [0.15, 0.2) is 18.2 Å². The molecule has 1 rings (SSSR count). The molecule has 3 N–H and O–H groups in total. The fourth-order valence-electron chi connectivity index (χ4n) is 1.44. The van der Waals surface area contributed by atoms with Crippen LogP contribution in [-0.2, 0) is 9.59 Å². The smallest absolute Gasteiger partial charge is 0.326 e. The van der Waals surface area contributed by atoms with Crippen LogP contribution in [0.1, 0.15) is 17.5 Å². The van der Waals surface area contributed by atoms with Crippen molar-refractivity contribution in [2.24, 2.45) is 0 Å². The first-order valence-electron chi connectivity index (χ1n) is 5.16. The van der Waals surface area contributed by atoms with Gasteiger partial charge in [-0.2, -0.15) is 5.26 Å². The van der Waals surface area contributed by atoms with Gasteiger partial charge in [-0.25, -0.2) is 4.79 Å². The summed E-state index contributed by atoms with van der Waals surface area (Å²) in [6.45, 7) is 1.79. The Morgan fingerprint density at radius 2 is 2.11 bits per heavy atom. The average molecular weight is 248 g/mol. The van der Waals surface area contributed by atoms with Crippen molar-refractivity contribution in [2.45, 2.75) is 19.4 Å². The first-order valence-corrected chi connectivity index (χ1v) is 5.16. The lowest BCUT2D eigenvalue weighted by atomic mass is 10.1. The summed E-state index contributed by atoms with van der Waals surface area (Å²) in [7, 11) is 0. The summed E-state index contributed by atoms with van der Waals surface area (Å²) < 4.78 is 0. The quantitative estimate of drug-likeness (QED) is 0.722. The van der Waals surface area contributed by atoms with Gasteiger partial charge in [0, 0.05) is 0 Å². The molecular formula is C12H12N2O4. The monoisotopic (exact) mass is 248 g/mol. The second-order valence-corrected chi connectivity index (χ2v) is 3.79. The maximum atomic E-state index is 10.9. The minimum Gasteiger partial charge on any atom is -0.481 e. The first-order chi connectivity index (χ1) is 8.43. The van der Waals surface area contributed by atoms with E-state index >= 15 is 0 Å². The summed E-state index contributed by atoms with van der Waals surface area (Å²) in [5.74, 6) is -2.50. The van der Waals surface area contributed by atoms with Crippen molar-refractivity contribution in [3.8, 4) is 6.07 Å². The van der Waals surface area contributed by atoms with Crippen molar-refractivity contribution in [3.05, 3.63) is 29.3 Å². The van der Waals surface area contributed by atoms with Gasteiger partial charge < -0.3 is 15.5 Å². The zero-order valence-electron chi connectivity index (χ0n) is 9.67. The minimum atomic E-state index is -1.28. The second kappa shape index (κ2) is 5.68. The van der Waals surface area contributed by atoms with Crippen LogP contribution in [0.2, 0.25) is 0 Å². The van der Waals surface area contributed by atoms with E-state index in [1.165, 1.54) is 0 Å². The van der Waals surface area contributed by atoms with Crippen molar-refractivity contribution in [3.63, 3.8) is 0 Å². The molecule has 0 saturated heterocycles. The number of carboxylic acid groups (broad SMARTS) is 2. The molecule has 0 aliphatic carbocycles. The lowest BCUT2D eigenvalue weighted by molar-refractivity contribution is -0.144. The van der Waals surface area contributed by atoms with Gasteiger partial charge in [-0.3, -0.25) is 4.79 Å². The number of aliphatic carboxylic acids is 2. The van der Waals surface area contributed by atoms with Crippen LogP contribution in [-0.4, -0.2) is 28.2 Å². The van der Waals surface area contributed by atoms with Crippen molar-refractivity contribution >= 4 is 17.6 Å². The number of rotatable bonds is 5. The predicted molar refractivity (Wildman–Crippen MR) is 63.2 cm³/mol. The van der Waals surface area contributed by atoms with Gasteiger partial charge in [0.25, 0.3) is 0 Å².